The van der Waals surface area contributed by atoms with Gasteiger partial charge in [0.15, 0.2) is 0 Å². The highest BCUT2D eigenvalue weighted by atomic mass is 32.2. The average Bonchev–Trinajstić information content (AvgIpc) is 2.75. The summed E-state index contributed by atoms with van der Waals surface area (Å²) in [5, 5.41) is 10.4. The Kier molecular flexibility index (Phi) is 4.24. The van der Waals surface area contributed by atoms with E-state index in [-0.39, 0.29) is 21.9 Å². The SMILES string of the molecule is CCOC1CC(NS(=O)(=O)c2ccsc2C(=O)O)C1. The summed E-state index contributed by atoms with van der Waals surface area (Å²) in [4.78, 5) is 10.6. The van der Waals surface area contributed by atoms with Crippen molar-refractivity contribution in [3.63, 3.8) is 0 Å². The number of thiophene rings is 1. The van der Waals surface area contributed by atoms with Gasteiger partial charge in [0.2, 0.25) is 10.0 Å². The Labute approximate surface area is 115 Å². The van der Waals surface area contributed by atoms with Crippen LogP contribution in [0.3, 0.4) is 0 Å². The summed E-state index contributed by atoms with van der Waals surface area (Å²) in [6, 6.07) is 1.14. The second-order valence-electron chi connectivity index (χ2n) is 4.29. The number of hydrogen-bond acceptors (Lipinski definition) is 5. The topological polar surface area (TPSA) is 92.7 Å². The van der Waals surface area contributed by atoms with Crippen LogP contribution in [-0.2, 0) is 14.8 Å². The number of aromatic carboxylic acids is 1. The molecule has 0 aliphatic heterocycles. The van der Waals surface area contributed by atoms with Crippen molar-refractivity contribution in [2.45, 2.75) is 36.8 Å². The maximum atomic E-state index is 12.1. The van der Waals surface area contributed by atoms with E-state index in [0.29, 0.717) is 19.4 Å². The van der Waals surface area contributed by atoms with E-state index < -0.39 is 16.0 Å². The van der Waals surface area contributed by atoms with Crippen LogP contribution in [0.5, 0.6) is 0 Å². The molecule has 2 N–H and O–H groups in total. The first-order valence-corrected chi connectivity index (χ1v) is 8.25. The van der Waals surface area contributed by atoms with E-state index in [4.69, 9.17) is 9.84 Å². The molecule has 6 nitrogen and oxygen atoms in total. The molecule has 1 saturated carbocycles. The molecule has 0 bridgehead atoms. The number of ether oxygens (including phenoxy) is 1. The number of carboxylic acids is 1. The second kappa shape index (κ2) is 5.58. The van der Waals surface area contributed by atoms with Crippen LogP contribution >= 0.6 is 11.3 Å². The van der Waals surface area contributed by atoms with Gasteiger partial charge < -0.3 is 9.84 Å². The van der Waals surface area contributed by atoms with Crippen LogP contribution in [0.4, 0.5) is 0 Å². The zero-order valence-corrected chi connectivity index (χ0v) is 12.0. The third-order valence-corrected chi connectivity index (χ3v) is 5.53. The minimum atomic E-state index is -3.77. The van der Waals surface area contributed by atoms with E-state index in [9.17, 15) is 13.2 Å². The van der Waals surface area contributed by atoms with E-state index in [1.165, 1.54) is 11.4 Å². The summed E-state index contributed by atoms with van der Waals surface area (Å²) in [7, 11) is -3.77. The maximum Gasteiger partial charge on any atom is 0.347 e. The summed E-state index contributed by atoms with van der Waals surface area (Å²) in [6.45, 7) is 2.50. The first-order valence-electron chi connectivity index (χ1n) is 5.88. The van der Waals surface area contributed by atoms with Crippen LogP contribution in [0.15, 0.2) is 16.3 Å². The summed E-state index contributed by atoms with van der Waals surface area (Å²) >= 11 is 0.902. The van der Waals surface area contributed by atoms with Crippen molar-refractivity contribution < 1.29 is 23.1 Å². The Morgan fingerprint density at radius 3 is 2.84 bits per heavy atom. The molecule has 0 spiro atoms. The lowest BCUT2D eigenvalue weighted by Gasteiger charge is -2.34. The molecular formula is C11H15NO5S2. The third-order valence-electron chi connectivity index (χ3n) is 2.93. The fourth-order valence-corrected chi connectivity index (χ4v) is 4.50. The molecule has 8 heteroatoms. The molecule has 1 aromatic heterocycles. The monoisotopic (exact) mass is 305 g/mol. The normalized spacial score (nSPS) is 23.0. The summed E-state index contributed by atoms with van der Waals surface area (Å²) in [5.41, 5.74) is 0. The highest BCUT2D eigenvalue weighted by Gasteiger charge is 2.34. The van der Waals surface area contributed by atoms with Crippen LogP contribution in [0.25, 0.3) is 0 Å². The smallest absolute Gasteiger partial charge is 0.347 e. The molecule has 1 fully saturated rings. The first kappa shape index (κ1) is 14.4. The molecule has 19 heavy (non-hydrogen) atoms. The fraction of sp³-hybridized carbons (Fsp3) is 0.545. The number of rotatable bonds is 6. The third kappa shape index (κ3) is 3.14. The molecule has 0 radical (unpaired) electrons. The Balaban J connectivity index is 2.04. The molecular weight excluding hydrogens is 290 g/mol. The molecule has 0 atom stereocenters. The van der Waals surface area contributed by atoms with Gasteiger partial charge in [-0.2, -0.15) is 0 Å². The Hall–Kier alpha value is -0.960. The Morgan fingerprint density at radius 1 is 1.58 bits per heavy atom. The van der Waals surface area contributed by atoms with Crippen LogP contribution in [0, 0.1) is 0 Å². The summed E-state index contributed by atoms with van der Waals surface area (Å²) in [5.74, 6) is -1.23. The average molecular weight is 305 g/mol. The highest BCUT2D eigenvalue weighted by Crippen LogP contribution is 2.27. The van der Waals surface area contributed by atoms with Gasteiger partial charge in [-0.05, 0) is 31.2 Å². The van der Waals surface area contributed by atoms with Crippen LogP contribution in [-0.4, -0.2) is 38.2 Å². The quantitative estimate of drug-likeness (QED) is 0.826. The van der Waals surface area contributed by atoms with Crippen LogP contribution < -0.4 is 4.72 Å². The molecule has 1 aliphatic carbocycles. The van der Waals surface area contributed by atoms with Crippen molar-refractivity contribution in [1.82, 2.24) is 4.72 Å². The van der Waals surface area contributed by atoms with Gasteiger partial charge in [-0.25, -0.2) is 17.9 Å². The standard InChI is InChI=1S/C11H15NO5S2/c1-2-17-8-5-7(6-8)12-19(15,16)9-3-4-18-10(9)11(13)14/h3-4,7-8,12H,2,5-6H2,1H3,(H,13,14). The van der Waals surface area contributed by atoms with Crippen molar-refractivity contribution in [1.29, 1.82) is 0 Å². The highest BCUT2D eigenvalue weighted by molar-refractivity contribution is 7.89. The zero-order chi connectivity index (χ0) is 14.0. The molecule has 0 aromatic carbocycles. The number of carboxylic acid groups (broad SMARTS) is 1. The van der Waals surface area contributed by atoms with Gasteiger partial charge in [-0.1, -0.05) is 0 Å². The van der Waals surface area contributed by atoms with Gasteiger partial charge in [0, 0.05) is 12.6 Å². The predicted molar refractivity (Wildman–Crippen MR) is 70.0 cm³/mol. The lowest BCUT2D eigenvalue weighted by molar-refractivity contribution is -0.00477. The Morgan fingerprint density at radius 2 is 2.26 bits per heavy atom. The van der Waals surface area contributed by atoms with Crippen LogP contribution in [0.2, 0.25) is 0 Å². The van der Waals surface area contributed by atoms with Gasteiger partial charge in [0.25, 0.3) is 0 Å². The van der Waals surface area contributed by atoms with Crippen molar-refractivity contribution >= 4 is 27.3 Å². The first-order chi connectivity index (χ1) is 8.94. The maximum absolute atomic E-state index is 12.1. The minimum Gasteiger partial charge on any atom is -0.477 e. The summed E-state index contributed by atoms with van der Waals surface area (Å²) < 4.78 is 32.0. The van der Waals surface area contributed by atoms with E-state index in [1.807, 2.05) is 6.92 Å². The molecule has 106 valence electrons. The van der Waals surface area contributed by atoms with Gasteiger partial charge in [-0.3, -0.25) is 0 Å². The molecule has 0 unspecified atom stereocenters. The summed E-state index contributed by atoms with van der Waals surface area (Å²) in [6.07, 6.45) is 1.35. The van der Waals surface area contributed by atoms with Crippen LogP contribution in [0.1, 0.15) is 29.4 Å². The van der Waals surface area contributed by atoms with E-state index in [1.54, 1.807) is 0 Å². The predicted octanol–water partition coefficient (Wildman–Crippen LogP) is 1.29. The van der Waals surface area contributed by atoms with Crippen molar-refractivity contribution in [3.05, 3.63) is 16.3 Å². The molecule has 1 heterocycles. The van der Waals surface area contributed by atoms with Gasteiger partial charge >= 0.3 is 5.97 Å². The van der Waals surface area contributed by atoms with Crippen molar-refractivity contribution in [2.75, 3.05) is 6.61 Å². The number of sulfonamides is 1. The molecule has 1 aromatic rings. The fourth-order valence-electron chi connectivity index (χ4n) is 1.98. The largest absolute Gasteiger partial charge is 0.477 e. The number of nitrogens with one attached hydrogen (secondary N) is 1. The van der Waals surface area contributed by atoms with E-state index in [2.05, 4.69) is 4.72 Å². The van der Waals surface area contributed by atoms with E-state index in [0.717, 1.165) is 11.3 Å². The second-order valence-corrected chi connectivity index (χ2v) is 6.88. The lowest BCUT2D eigenvalue weighted by atomic mass is 9.90. The molecule has 1 aliphatic rings. The van der Waals surface area contributed by atoms with Gasteiger partial charge in [0.1, 0.15) is 9.77 Å². The molecule has 2 rings (SSSR count). The van der Waals surface area contributed by atoms with Gasteiger partial charge in [0.05, 0.1) is 6.10 Å². The minimum absolute atomic E-state index is 0.0964. The van der Waals surface area contributed by atoms with Crippen molar-refractivity contribution in [3.8, 4) is 0 Å². The van der Waals surface area contributed by atoms with Gasteiger partial charge in [-0.15, -0.1) is 11.3 Å². The molecule has 0 saturated heterocycles. The number of carbonyl (C=O) groups is 1. The number of hydrogen-bond donors (Lipinski definition) is 2. The Bertz CT molecular complexity index is 559. The zero-order valence-electron chi connectivity index (χ0n) is 10.3. The lowest BCUT2D eigenvalue weighted by Crippen LogP contribution is -2.47. The van der Waals surface area contributed by atoms with Crippen molar-refractivity contribution in [2.24, 2.45) is 0 Å². The van der Waals surface area contributed by atoms with E-state index >= 15 is 0 Å². The molecule has 0 amide bonds.